The first-order chi connectivity index (χ1) is 11.2. The molecule has 8 aliphatic rings. The van der Waals surface area contributed by atoms with Crippen molar-refractivity contribution in [2.75, 3.05) is 0 Å². The van der Waals surface area contributed by atoms with E-state index < -0.39 is 0 Å². The Hall–Kier alpha value is -0.530. The molecule has 0 radical (unpaired) electrons. The zero-order valence-electron chi connectivity index (χ0n) is 14.4. The van der Waals surface area contributed by atoms with E-state index in [9.17, 15) is 4.79 Å². The fraction of sp³-hybridized carbons (Fsp3) is 0.952. The molecule has 0 aromatic carbocycles. The van der Waals surface area contributed by atoms with Crippen LogP contribution >= 0.6 is 0 Å². The Balaban J connectivity index is 1.39. The minimum absolute atomic E-state index is 0.280. The number of hydrogen-bond donors (Lipinski definition) is 0. The van der Waals surface area contributed by atoms with Gasteiger partial charge in [0.15, 0.2) is 0 Å². The first kappa shape index (κ1) is 13.7. The largest absolute Gasteiger partial charge is 0.334 e. The van der Waals surface area contributed by atoms with Crippen molar-refractivity contribution in [2.24, 2.45) is 35.5 Å². The summed E-state index contributed by atoms with van der Waals surface area (Å²) in [6.45, 7) is 0. The number of carbonyl (C=O) groups excluding carboxylic acids is 1. The average Bonchev–Trinajstić information content (AvgIpc) is 2.43. The summed E-state index contributed by atoms with van der Waals surface area (Å²) in [7, 11) is 0. The second-order valence-electron chi connectivity index (χ2n) is 10.8. The van der Waals surface area contributed by atoms with Crippen LogP contribution in [0.2, 0.25) is 0 Å². The van der Waals surface area contributed by atoms with E-state index >= 15 is 0 Å². The lowest BCUT2D eigenvalue weighted by atomic mass is 9.49. The van der Waals surface area contributed by atoms with Gasteiger partial charge in [-0.05, 0) is 113 Å². The van der Waals surface area contributed by atoms with Crippen LogP contribution in [0.5, 0.6) is 0 Å². The van der Waals surface area contributed by atoms with Gasteiger partial charge in [0.1, 0.15) is 0 Å². The van der Waals surface area contributed by atoms with Gasteiger partial charge in [0.2, 0.25) is 6.41 Å². The molecule has 0 heterocycles. The highest BCUT2D eigenvalue weighted by molar-refractivity contribution is 5.52. The summed E-state index contributed by atoms with van der Waals surface area (Å²) in [5.41, 5.74) is 0.560. The van der Waals surface area contributed by atoms with Crippen LogP contribution in [0.15, 0.2) is 0 Å². The third-order valence-electron chi connectivity index (χ3n) is 9.14. The standard InChI is InChI=1S/C21H31NO/c23-13-22(20-7-14-1-15(8-20)3-16(2-14)9-20)21-10-17-4-18(11-21)6-19(5-17)12-21/h13-19H,1-12H2. The molecule has 8 bridgehead atoms. The highest BCUT2D eigenvalue weighted by atomic mass is 16.1. The molecule has 2 nitrogen and oxygen atoms in total. The molecule has 8 aliphatic carbocycles. The maximum atomic E-state index is 12.5. The Kier molecular flexibility index (Phi) is 2.60. The zero-order chi connectivity index (χ0) is 15.2. The van der Waals surface area contributed by atoms with E-state index in [1.807, 2.05) is 0 Å². The molecule has 8 fully saturated rings. The molecule has 0 atom stereocenters. The summed E-state index contributed by atoms with van der Waals surface area (Å²) in [5.74, 6) is 5.65. The minimum atomic E-state index is 0.280. The van der Waals surface area contributed by atoms with Gasteiger partial charge in [-0.3, -0.25) is 4.79 Å². The number of nitrogens with zero attached hydrogens (tertiary/aromatic N) is 1. The van der Waals surface area contributed by atoms with Gasteiger partial charge in [-0.25, -0.2) is 0 Å². The van der Waals surface area contributed by atoms with Gasteiger partial charge in [-0.1, -0.05) is 0 Å². The molecule has 0 aromatic heterocycles. The van der Waals surface area contributed by atoms with Crippen LogP contribution < -0.4 is 0 Å². The van der Waals surface area contributed by atoms with Crippen molar-refractivity contribution in [3.63, 3.8) is 0 Å². The van der Waals surface area contributed by atoms with Gasteiger partial charge in [-0.2, -0.15) is 0 Å². The van der Waals surface area contributed by atoms with E-state index in [1.165, 1.54) is 83.5 Å². The molecule has 0 aromatic rings. The Morgan fingerprint density at radius 1 is 0.565 bits per heavy atom. The molecule has 0 N–H and O–H groups in total. The van der Waals surface area contributed by atoms with Crippen LogP contribution in [0.3, 0.4) is 0 Å². The topological polar surface area (TPSA) is 20.3 Å². The van der Waals surface area contributed by atoms with Gasteiger partial charge < -0.3 is 4.90 Å². The van der Waals surface area contributed by atoms with E-state index in [1.54, 1.807) is 0 Å². The average molecular weight is 313 g/mol. The molecule has 126 valence electrons. The third-order valence-corrected chi connectivity index (χ3v) is 9.14. The fourth-order valence-corrected chi connectivity index (χ4v) is 9.45. The Bertz CT molecular complexity index is 423. The van der Waals surface area contributed by atoms with Crippen molar-refractivity contribution < 1.29 is 4.79 Å². The van der Waals surface area contributed by atoms with E-state index in [-0.39, 0.29) is 11.1 Å². The van der Waals surface area contributed by atoms with Crippen LogP contribution in [-0.4, -0.2) is 22.4 Å². The predicted octanol–water partition coefficient (Wildman–Crippen LogP) is 4.38. The maximum absolute atomic E-state index is 12.5. The summed E-state index contributed by atoms with van der Waals surface area (Å²) in [6, 6.07) is 0. The van der Waals surface area contributed by atoms with Gasteiger partial charge in [-0.15, -0.1) is 0 Å². The van der Waals surface area contributed by atoms with Crippen molar-refractivity contribution >= 4 is 6.41 Å². The molecular formula is C21H31NO. The smallest absolute Gasteiger partial charge is 0.210 e. The predicted molar refractivity (Wildman–Crippen MR) is 89.7 cm³/mol. The van der Waals surface area contributed by atoms with Crippen LogP contribution in [-0.2, 0) is 4.79 Å². The van der Waals surface area contributed by atoms with E-state index in [4.69, 9.17) is 0 Å². The summed E-state index contributed by atoms with van der Waals surface area (Å²) >= 11 is 0. The Labute approximate surface area is 140 Å². The SMILES string of the molecule is O=CN(C12CC3CC(CC(C3)C1)C2)C12CC3CC(CC(C3)C1)C2. The number of hydrogen-bond acceptors (Lipinski definition) is 1. The molecule has 8 saturated carbocycles. The third kappa shape index (κ3) is 1.79. The first-order valence-electron chi connectivity index (χ1n) is 10.4. The maximum Gasteiger partial charge on any atom is 0.210 e. The molecule has 2 heteroatoms. The molecule has 0 saturated heterocycles. The summed E-state index contributed by atoms with van der Waals surface area (Å²) < 4.78 is 0. The molecule has 0 unspecified atom stereocenters. The van der Waals surface area contributed by atoms with Crippen LogP contribution in [0, 0.1) is 35.5 Å². The van der Waals surface area contributed by atoms with Crippen molar-refractivity contribution in [1.82, 2.24) is 4.90 Å². The Morgan fingerprint density at radius 3 is 1.04 bits per heavy atom. The van der Waals surface area contributed by atoms with Gasteiger partial charge in [0.05, 0.1) is 0 Å². The second kappa shape index (κ2) is 4.35. The summed E-state index contributed by atoms with van der Waals surface area (Å²) in [5, 5.41) is 0. The monoisotopic (exact) mass is 313 g/mol. The van der Waals surface area contributed by atoms with Crippen molar-refractivity contribution in [2.45, 2.75) is 88.1 Å². The summed E-state index contributed by atoms with van der Waals surface area (Å²) in [6.07, 6.45) is 18.3. The Morgan fingerprint density at radius 2 is 0.826 bits per heavy atom. The van der Waals surface area contributed by atoms with Gasteiger partial charge in [0, 0.05) is 11.1 Å². The van der Waals surface area contributed by atoms with E-state index in [0.717, 1.165) is 35.5 Å². The van der Waals surface area contributed by atoms with E-state index in [0.29, 0.717) is 0 Å². The van der Waals surface area contributed by atoms with Crippen molar-refractivity contribution in [1.29, 1.82) is 0 Å². The van der Waals surface area contributed by atoms with Crippen LogP contribution in [0.1, 0.15) is 77.0 Å². The van der Waals surface area contributed by atoms with Crippen LogP contribution in [0.25, 0.3) is 0 Å². The number of carbonyl (C=O) groups is 1. The van der Waals surface area contributed by atoms with Gasteiger partial charge in [0.25, 0.3) is 0 Å². The number of rotatable bonds is 3. The zero-order valence-corrected chi connectivity index (χ0v) is 14.4. The number of amides is 1. The molecule has 0 aliphatic heterocycles. The van der Waals surface area contributed by atoms with Crippen LogP contribution in [0.4, 0.5) is 0 Å². The molecule has 0 spiro atoms. The lowest BCUT2D eigenvalue weighted by molar-refractivity contribution is -0.180. The molecule has 1 amide bonds. The summed E-state index contributed by atoms with van der Waals surface area (Å²) in [4.78, 5) is 15.0. The lowest BCUT2D eigenvalue weighted by Gasteiger charge is -2.68. The molecular weight excluding hydrogens is 282 g/mol. The highest BCUT2D eigenvalue weighted by Crippen LogP contribution is 2.63. The molecule has 23 heavy (non-hydrogen) atoms. The second-order valence-corrected chi connectivity index (χ2v) is 10.8. The first-order valence-corrected chi connectivity index (χ1v) is 10.4. The van der Waals surface area contributed by atoms with E-state index in [2.05, 4.69) is 4.90 Å². The van der Waals surface area contributed by atoms with Gasteiger partial charge >= 0.3 is 0 Å². The lowest BCUT2D eigenvalue weighted by Crippen LogP contribution is -2.69. The minimum Gasteiger partial charge on any atom is -0.334 e. The molecule has 8 rings (SSSR count). The fourth-order valence-electron chi connectivity index (χ4n) is 9.45. The highest BCUT2D eigenvalue weighted by Gasteiger charge is 2.61. The normalized spacial score (nSPS) is 58.6. The van der Waals surface area contributed by atoms with Crippen molar-refractivity contribution in [3.8, 4) is 0 Å². The quantitative estimate of drug-likeness (QED) is 0.708. The van der Waals surface area contributed by atoms with Crippen molar-refractivity contribution in [3.05, 3.63) is 0 Å².